The van der Waals surface area contributed by atoms with Crippen molar-refractivity contribution >= 4 is 5.70 Å². The van der Waals surface area contributed by atoms with Crippen LogP contribution in [0.5, 0.6) is 11.5 Å². The summed E-state index contributed by atoms with van der Waals surface area (Å²) in [5.41, 5.74) is 6.92. The first kappa shape index (κ1) is 16.7. The lowest BCUT2D eigenvalue weighted by Crippen LogP contribution is -2.60. The number of para-hydroxylation sites is 1. The Morgan fingerprint density at radius 1 is 1.07 bits per heavy atom. The number of hydrazine groups is 1. The molecule has 0 bridgehead atoms. The molecule has 4 heteroatoms. The molecule has 2 aromatic carbocycles. The van der Waals surface area contributed by atoms with Gasteiger partial charge >= 0.3 is 0 Å². The summed E-state index contributed by atoms with van der Waals surface area (Å²) in [6.07, 6.45) is 8.07. The Balaban J connectivity index is 1.62. The van der Waals surface area contributed by atoms with Crippen molar-refractivity contribution in [1.29, 1.82) is 0 Å². The first-order valence-corrected chi connectivity index (χ1v) is 10.1. The Hall–Kier alpha value is -2.46. The Bertz CT molecular complexity index is 856. The van der Waals surface area contributed by atoms with Crippen LogP contribution in [0.4, 0.5) is 0 Å². The molecular weight excluding hydrogens is 336 g/mol. The Morgan fingerprint density at radius 2 is 1.89 bits per heavy atom. The summed E-state index contributed by atoms with van der Waals surface area (Å²) in [6.45, 7) is 2.67. The number of rotatable bonds is 3. The van der Waals surface area contributed by atoms with Gasteiger partial charge in [0.15, 0.2) is 17.2 Å². The van der Waals surface area contributed by atoms with E-state index in [1.807, 2.05) is 13.0 Å². The van der Waals surface area contributed by atoms with Crippen molar-refractivity contribution in [1.82, 2.24) is 10.4 Å². The van der Waals surface area contributed by atoms with Gasteiger partial charge in [0.1, 0.15) is 0 Å². The monoisotopic (exact) mass is 362 g/mol. The lowest BCUT2D eigenvalue weighted by Gasteiger charge is -2.50. The average molecular weight is 362 g/mol. The van der Waals surface area contributed by atoms with E-state index in [-0.39, 0.29) is 11.8 Å². The molecule has 1 spiro atoms. The summed E-state index contributed by atoms with van der Waals surface area (Å²) in [5, 5.41) is 2.35. The van der Waals surface area contributed by atoms with Crippen molar-refractivity contribution in [3.8, 4) is 11.5 Å². The molecule has 0 amide bonds. The minimum atomic E-state index is -0.309. The van der Waals surface area contributed by atoms with E-state index in [9.17, 15) is 0 Å². The maximum Gasteiger partial charge on any atom is 0.180 e. The molecule has 0 saturated heterocycles. The smallest absolute Gasteiger partial charge is 0.180 e. The van der Waals surface area contributed by atoms with Gasteiger partial charge in [-0.15, -0.1) is 0 Å². The van der Waals surface area contributed by atoms with Crippen molar-refractivity contribution in [2.24, 2.45) is 0 Å². The third-order valence-corrected chi connectivity index (χ3v) is 5.92. The summed E-state index contributed by atoms with van der Waals surface area (Å²) in [6, 6.07) is 17.0. The van der Waals surface area contributed by atoms with E-state index in [4.69, 9.17) is 9.47 Å². The highest BCUT2D eigenvalue weighted by atomic mass is 16.6. The molecule has 2 aliphatic heterocycles. The van der Waals surface area contributed by atoms with Crippen LogP contribution in [0.25, 0.3) is 5.70 Å². The second-order valence-electron chi connectivity index (χ2n) is 7.59. The molecule has 27 heavy (non-hydrogen) atoms. The van der Waals surface area contributed by atoms with Gasteiger partial charge in [-0.05, 0) is 37.5 Å². The SMILES string of the molecule is CCOc1cccc2c1OC1(CCCCC1)N1NC(c3ccccc3)=C[C@H]21. The van der Waals surface area contributed by atoms with Crippen LogP contribution in [-0.2, 0) is 0 Å². The largest absolute Gasteiger partial charge is 0.490 e. The van der Waals surface area contributed by atoms with Gasteiger partial charge in [0, 0.05) is 18.4 Å². The molecule has 140 valence electrons. The van der Waals surface area contributed by atoms with E-state index in [0.717, 1.165) is 30.0 Å². The Morgan fingerprint density at radius 3 is 2.67 bits per heavy atom. The van der Waals surface area contributed by atoms with Crippen LogP contribution in [0.1, 0.15) is 56.2 Å². The summed E-state index contributed by atoms with van der Waals surface area (Å²) in [7, 11) is 0. The van der Waals surface area contributed by atoms with E-state index < -0.39 is 0 Å². The number of nitrogens with zero attached hydrogens (tertiary/aromatic N) is 1. The standard InChI is InChI=1S/C23H26N2O2/c1-2-26-21-13-9-12-18-20-16-19(17-10-5-3-6-11-17)24-25(20)23(27-22(18)21)14-7-4-8-15-23/h3,5-6,9-13,16,20,24H,2,4,7-8,14-15H2,1H3/t20-/m1/s1. The molecule has 0 unspecified atom stereocenters. The van der Waals surface area contributed by atoms with E-state index in [1.165, 1.54) is 30.4 Å². The second kappa shape index (κ2) is 6.61. The molecule has 3 aliphatic rings. The van der Waals surface area contributed by atoms with Crippen LogP contribution < -0.4 is 14.9 Å². The van der Waals surface area contributed by atoms with Gasteiger partial charge in [0.05, 0.1) is 18.3 Å². The Kier molecular flexibility index (Phi) is 4.09. The van der Waals surface area contributed by atoms with E-state index in [1.54, 1.807) is 0 Å². The van der Waals surface area contributed by atoms with Crippen LogP contribution in [0, 0.1) is 0 Å². The number of ether oxygens (including phenoxy) is 2. The van der Waals surface area contributed by atoms with Gasteiger partial charge in [-0.25, -0.2) is 0 Å². The highest BCUT2D eigenvalue weighted by Gasteiger charge is 2.51. The van der Waals surface area contributed by atoms with Gasteiger partial charge in [-0.3, -0.25) is 0 Å². The number of nitrogens with one attached hydrogen (secondary N) is 1. The van der Waals surface area contributed by atoms with Crippen molar-refractivity contribution in [2.45, 2.75) is 50.8 Å². The molecule has 1 aliphatic carbocycles. The highest BCUT2D eigenvalue weighted by molar-refractivity contribution is 5.68. The summed E-state index contributed by atoms with van der Waals surface area (Å²) in [4.78, 5) is 0. The fourth-order valence-electron chi connectivity index (χ4n) is 4.66. The van der Waals surface area contributed by atoms with Gasteiger partial charge in [0.2, 0.25) is 0 Å². The second-order valence-corrected chi connectivity index (χ2v) is 7.59. The molecule has 0 radical (unpaired) electrons. The normalized spacial score (nSPS) is 23.0. The molecule has 2 heterocycles. The average Bonchev–Trinajstić information content (AvgIpc) is 3.17. The lowest BCUT2D eigenvalue weighted by atomic mass is 9.87. The van der Waals surface area contributed by atoms with Crippen molar-refractivity contribution in [3.63, 3.8) is 0 Å². The zero-order valence-electron chi connectivity index (χ0n) is 15.8. The van der Waals surface area contributed by atoms with Crippen LogP contribution in [0.3, 0.4) is 0 Å². The number of hydrogen-bond donors (Lipinski definition) is 1. The third-order valence-electron chi connectivity index (χ3n) is 5.92. The molecule has 2 aromatic rings. The number of benzene rings is 2. The minimum Gasteiger partial charge on any atom is -0.490 e. The predicted molar refractivity (Wildman–Crippen MR) is 106 cm³/mol. The van der Waals surface area contributed by atoms with Crippen molar-refractivity contribution < 1.29 is 9.47 Å². The maximum absolute atomic E-state index is 6.75. The molecule has 1 saturated carbocycles. The molecule has 4 nitrogen and oxygen atoms in total. The van der Waals surface area contributed by atoms with Gasteiger partial charge in [-0.2, -0.15) is 5.01 Å². The lowest BCUT2D eigenvalue weighted by molar-refractivity contribution is -0.151. The highest BCUT2D eigenvalue weighted by Crippen LogP contribution is 2.52. The summed E-state index contributed by atoms with van der Waals surface area (Å²) < 4.78 is 12.7. The summed E-state index contributed by atoms with van der Waals surface area (Å²) in [5.74, 6) is 1.79. The molecule has 0 aromatic heterocycles. The van der Waals surface area contributed by atoms with Crippen LogP contribution in [0.15, 0.2) is 54.6 Å². The van der Waals surface area contributed by atoms with Crippen LogP contribution in [-0.4, -0.2) is 17.3 Å². The molecule has 1 N–H and O–H groups in total. The molecular formula is C23H26N2O2. The zero-order chi connectivity index (χ0) is 18.3. The fraction of sp³-hybridized carbons (Fsp3) is 0.391. The quantitative estimate of drug-likeness (QED) is 0.829. The van der Waals surface area contributed by atoms with Gasteiger partial charge in [0.25, 0.3) is 0 Å². The number of hydrogen-bond acceptors (Lipinski definition) is 4. The van der Waals surface area contributed by atoms with E-state index >= 15 is 0 Å². The first-order valence-electron chi connectivity index (χ1n) is 10.1. The van der Waals surface area contributed by atoms with Gasteiger partial charge in [-0.1, -0.05) is 48.9 Å². The van der Waals surface area contributed by atoms with Crippen molar-refractivity contribution in [3.05, 3.63) is 65.7 Å². The van der Waals surface area contributed by atoms with Crippen LogP contribution >= 0.6 is 0 Å². The molecule has 1 atom stereocenters. The first-order chi connectivity index (χ1) is 13.3. The Labute approximate surface area is 160 Å². The molecule has 5 rings (SSSR count). The summed E-state index contributed by atoms with van der Waals surface area (Å²) >= 11 is 0. The van der Waals surface area contributed by atoms with Crippen LogP contribution in [0.2, 0.25) is 0 Å². The fourth-order valence-corrected chi connectivity index (χ4v) is 4.66. The third kappa shape index (κ3) is 2.71. The van der Waals surface area contributed by atoms with E-state index in [2.05, 4.69) is 59.0 Å². The van der Waals surface area contributed by atoms with Crippen molar-refractivity contribution in [2.75, 3.05) is 6.61 Å². The minimum absolute atomic E-state index is 0.155. The number of fused-ring (bicyclic) bond motifs is 4. The topological polar surface area (TPSA) is 33.7 Å². The maximum atomic E-state index is 6.75. The van der Waals surface area contributed by atoms with E-state index in [0.29, 0.717) is 6.61 Å². The van der Waals surface area contributed by atoms with Gasteiger partial charge < -0.3 is 14.9 Å². The predicted octanol–water partition coefficient (Wildman–Crippen LogP) is 5.04. The zero-order valence-corrected chi connectivity index (χ0v) is 15.8. The molecule has 1 fully saturated rings.